The lowest BCUT2D eigenvalue weighted by atomic mass is 9.97. The van der Waals surface area contributed by atoms with Gasteiger partial charge >= 0.3 is 0 Å². The molecule has 0 bridgehead atoms. The van der Waals surface area contributed by atoms with Gasteiger partial charge in [-0.25, -0.2) is 0 Å². The van der Waals surface area contributed by atoms with Crippen molar-refractivity contribution in [3.05, 3.63) is 151 Å². The van der Waals surface area contributed by atoms with E-state index in [2.05, 4.69) is 161 Å². The van der Waals surface area contributed by atoms with Crippen LogP contribution in [0.3, 0.4) is 0 Å². The number of para-hydroxylation sites is 2. The molecule has 2 nitrogen and oxygen atoms in total. The van der Waals surface area contributed by atoms with Crippen LogP contribution in [0.5, 0.6) is 0 Å². The number of rotatable bonds is 2. The highest BCUT2D eigenvalue weighted by atomic mass is 14.9. The number of hydrogen-bond donors (Lipinski definition) is 0. The zero-order chi connectivity index (χ0) is 28.9. The first-order chi connectivity index (χ1) is 21.7. The lowest BCUT2D eigenvalue weighted by Crippen LogP contribution is -1.98. The van der Waals surface area contributed by atoms with E-state index in [1.807, 2.05) is 0 Å². The third-order valence-electron chi connectivity index (χ3n) is 9.55. The van der Waals surface area contributed by atoms with Gasteiger partial charge in [0.15, 0.2) is 0 Å². The van der Waals surface area contributed by atoms with Crippen molar-refractivity contribution in [3.63, 3.8) is 0 Å². The van der Waals surface area contributed by atoms with Gasteiger partial charge in [0, 0.05) is 43.9 Å². The summed E-state index contributed by atoms with van der Waals surface area (Å²) in [6.07, 6.45) is 2.17. The molecule has 0 spiro atoms. The number of aromatic nitrogens is 2. The van der Waals surface area contributed by atoms with Gasteiger partial charge in [-0.3, -0.25) is 0 Å². The fourth-order valence-electron chi connectivity index (χ4n) is 7.57. The summed E-state index contributed by atoms with van der Waals surface area (Å²) in [6.45, 7) is 4.51. The van der Waals surface area contributed by atoms with Crippen LogP contribution in [0.25, 0.3) is 94.1 Å². The Bertz CT molecular complexity index is 2830. The average Bonchev–Trinajstić information content (AvgIpc) is 3.70. The van der Waals surface area contributed by atoms with Gasteiger partial charge in [0.05, 0.1) is 27.6 Å². The van der Waals surface area contributed by atoms with Crippen LogP contribution >= 0.6 is 0 Å². The van der Waals surface area contributed by atoms with E-state index in [1.54, 1.807) is 0 Å². The van der Waals surface area contributed by atoms with E-state index in [-0.39, 0.29) is 0 Å². The summed E-state index contributed by atoms with van der Waals surface area (Å²) >= 11 is 0. The molecule has 204 valence electrons. The summed E-state index contributed by atoms with van der Waals surface area (Å²) in [6, 6.07) is 50.9. The summed E-state index contributed by atoms with van der Waals surface area (Å²) in [5, 5.41) is 9.87. The third-order valence-corrected chi connectivity index (χ3v) is 9.55. The fraction of sp³-hybridized carbons (Fsp3) is 0. The summed E-state index contributed by atoms with van der Waals surface area (Å²) in [5.41, 5.74) is 11.1. The molecule has 2 heteroatoms. The summed E-state index contributed by atoms with van der Waals surface area (Å²) < 4.78 is 4.77. The highest BCUT2D eigenvalue weighted by Gasteiger charge is 2.18. The van der Waals surface area contributed by atoms with Gasteiger partial charge in [0.25, 0.3) is 0 Å². The first-order valence-electron chi connectivity index (χ1n) is 15.1. The molecule has 0 aliphatic heterocycles. The number of nitrogens with zero attached hydrogens (tertiary/aromatic N) is 2. The molecule has 10 rings (SSSR count). The molecule has 44 heavy (non-hydrogen) atoms. The molecule has 0 unspecified atom stereocenters. The van der Waals surface area contributed by atoms with Crippen molar-refractivity contribution in [2.75, 3.05) is 0 Å². The Kier molecular flexibility index (Phi) is 4.62. The minimum Gasteiger partial charge on any atom is -0.315 e. The van der Waals surface area contributed by atoms with Gasteiger partial charge in [0.1, 0.15) is 0 Å². The largest absolute Gasteiger partial charge is 0.315 e. The van der Waals surface area contributed by atoms with Crippen LogP contribution in [0.4, 0.5) is 0 Å². The van der Waals surface area contributed by atoms with E-state index in [4.69, 9.17) is 0 Å². The molecule has 4 aromatic heterocycles. The van der Waals surface area contributed by atoms with E-state index < -0.39 is 0 Å². The van der Waals surface area contributed by atoms with E-state index in [1.165, 1.54) is 82.2 Å². The Morgan fingerprint density at radius 1 is 0.364 bits per heavy atom. The zero-order valence-corrected chi connectivity index (χ0v) is 24.0. The molecule has 0 amide bonds. The molecule has 10 aromatic rings. The summed E-state index contributed by atoms with van der Waals surface area (Å²) in [5.74, 6) is 0. The Morgan fingerprint density at radius 3 is 1.84 bits per heavy atom. The van der Waals surface area contributed by atoms with Gasteiger partial charge in [-0.1, -0.05) is 97.6 Å². The van der Waals surface area contributed by atoms with Gasteiger partial charge < -0.3 is 8.80 Å². The van der Waals surface area contributed by atoms with E-state index in [9.17, 15) is 0 Å². The molecule has 0 saturated carbocycles. The molecule has 0 aliphatic carbocycles. The molecule has 4 heterocycles. The van der Waals surface area contributed by atoms with Crippen molar-refractivity contribution in [2.45, 2.75) is 0 Å². The standard InChI is InChI=1S/C42H26N2/c1-26-10-7-8-21-43-38-19-17-28(27-11-3-2-4-12-27)22-36(38)37-25-30(24-34(26)41(37)43)29-18-20-40-35(23-29)33-15-9-14-32-31-13-5-6-16-39(31)44(40)42(32)33/h2-25H,1H2. The molecular formula is C42H26N2. The average molecular weight is 559 g/mol. The second-order valence-electron chi connectivity index (χ2n) is 11.9. The normalized spacial score (nSPS) is 12.2. The number of fused-ring (bicyclic) bond motifs is 9. The minimum absolute atomic E-state index is 1.02. The molecule has 0 radical (unpaired) electrons. The first-order valence-corrected chi connectivity index (χ1v) is 15.1. The van der Waals surface area contributed by atoms with Crippen molar-refractivity contribution in [1.82, 2.24) is 8.80 Å². The molecule has 0 fully saturated rings. The van der Waals surface area contributed by atoms with E-state index in [0.29, 0.717) is 0 Å². The third kappa shape index (κ3) is 3.09. The van der Waals surface area contributed by atoms with Crippen molar-refractivity contribution in [3.8, 4) is 22.3 Å². The van der Waals surface area contributed by atoms with Crippen LogP contribution in [0, 0.1) is 0 Å². The molecule has 0 N–H and O–H groups in total. The minimum atomic E-state index is 1.02. The Labute approximate surface area is 253 Å². The lowest BCUT2D eigenvalue weighted by Gasteiger charge is -2.07. The Hall–Kier alpha value is -5.86. The molecule has 6 aromatic carbocycles. The van der Waals surface area contributed by atoms with E-state index >= 15 is 0 Å². The predicted octanol–water partition coefficient (Wildman–Crippen LogP) is 10.4. The van der Waals surface area contributed by atoms with Gasteiger partial charge in [0.2, 0.25) is 0 Å². The topological polar surface area (TPSA) is 8.82 Å². The maximum atomic E-state index is 4.51. The maximum absolute atomic E-state index is 4.51. The van der Waals surface area contributed by atoms with Crippen LogP contribution in [-0.4, -0.2) is 8.80 Å². The van der Waals surface area contributed by atoms with Crippen molar-refractivity contribution < 1.29 is 0 Å². The molecule has 0 saturated heterocycles. The highest BCUT2D eigenvalue weighted by Crippen LogP contribution is 2.41. The molecule has 0 aliphatic rings. The first kappa shape index (κ1) is 23.7. The Morgan fingerprint density at radius 2 is 0.977 bits per heavy atom. The van der Waals surface area contributed by atoms with Crippen LogP contribution in [0.2, 0.25) is 0 Å². The van der Waals surface area contributed by atoms with Crippen LogP contribution in [0.1, 0.15) is 0 Å². The van der Waals surface area contributed by atoms with Crippen molar-refractivity contribution >= 4 is 71.9 Å². The van der Waals surface area contributed by atoms with Crippen LogP contribution in [0.15, 0.2) is 146 Å². The highest BCUT2D eigenvalue weighted by molar-refractivity contribution is 6.24. The van der Waals surface area contributed by atoms with E-state index in [0.717, 1.165) is 10.6 Å². The quantitative estimate of drug-likeness (QED) is 0.200. The lowest BCUT2D eigenvalue weighted by molar-refractivity contribution is 1.27. The SMILES string of the molecule is C=c1ccccn2c3ccc(-c4ccccc4)cc3c3cc(-c4ccc5c(c4)c4cccc6c7ccccc7n5c64)cc1c32. The fourth-order valence-corrected chi connectivity index (χ4v) is 7.57. The summed E-state index contributed by atoms with van der Waals surface area (Å²) in [4.78, 5) is 0. The zero-order valence-electron chi connectivity index (χ0n) is 24.0. The Balaban J connectivity index is 1.30. The smallest absolute Gasteiger partial charge is 0.0620 e. The number of benzene rings is 6. The van der Waals surface area contributed by atoms with Gasteiger partial charge in [-0.15, -0.1) is 0 Å². The monoisotopic (exact) mass is 558 g/mol. The summed E-state index contributed by atoms with van der Waals surface area (Å²) in [7, 11) is 0. The van der Waals surface area contributed by atoms with Crippen LogP contribution in [-0.2, 0) is 0 Å². The maximum Gasteiger partial charge on any atom is 0.0620 e. The second kappa shape index (κ2) is 8.59. The predicted molar refractivity (Wildman–Crippen MR) is 187 cm³/mol. The second-order valence-corrected chi connectivity index (χ2v) is 11.9. The molecular weight excluding hydrogens is 532 g/mol. The number of hydrogen-bond acceptors (Lipinski definition) is 0. The van der Waals surface area contributed by atoms with Crippen molar-refractivity contribution in [2.24, 2.45) is 0 Å². The van der Waals surface area contributed by atoms with Crippen LogP contribution < -0.4 is 5.22 Å². The van der Waals surface area contributed by atoms with Crippen molar-refractivity contribution in [1.29, 1.82) is 0 Å². The molecule has 0 atom stereocenters. The van der Waals surface area contributed by atoms with Gasteiger partial charge in [-0.05, 0) is 76.0 Å². The van der Waals surface area contributed by atoms with Gasteiger partial charge in [-0.2, -0.15) is 0 Å².